The third-order valence-corrected chi connectivity index (χ3v) is 3.16. The summed E-state index contributed by atoms with van der Waals surface area (Å²) >= 11 is 1.47. The third-order valence-electron chi connectivity index (χ3n) is 2.20. The van der Waals surface area contributed by atoms with Gasteiger partial charge < -0.3 is 9.84 Å². The van der Waals surface area contributed by atoms with Crippen molar-refractivity contribution in [3.63, 3.8) is 0 Å². The molecule has 1 aromatic heterocycles. The fourth-order valence-corrected chi connectivity index (χ4v) is 2.04. The minimum absolute atomic E-state index is 0.0437. The SMILES string of the molecule is Cc1ccccc1OCc1ncc(CO)s1. The number of hydrogen-bond acceptors (Lipinski definition) is 4. The first-order chi connectivity index (χ1) is 7.79. The molecule has 0 fully saturated rings. The van der Waals surface area contributed by atoms with Crippen LogP contribution in [0.5, 0.6) is 5.75 Å². The molecule has 1 aromatic carbocycles. The molecular formula is C12H13NO2S. The Morgan fingerprint density at radius 1 is 1.38 bits per heavy atom. The average molecular weight is 235 g/mol. The topological polar surface area (TPSA) is 42.4 Å². The van der Waals surface area contributed by atoms with E-state index < -0.39 is 0 Å². The maximum absolute atomic E-state index is 8.91. The van der Waals surface area contributed by atoms with Crippen molar-refractivity contribution in [1.82, 2.24) is 4.98 Å². The lowest BCUT2D eigenvalue weighted by Gasteiger charge is -2.06. The molecule has 0 spiro atoms. The molecule has 0 radical (unpaired) electrons. The first-order valence-electron chi connectivity index (χ1n) is 5.02. The van der Waals surface area contributed by atoms with Gasteiger partial charge in [-0.1, -0.05) is 18.2 Å². The summed E-state index contributed by atoms with van der Waals surface area (Å²) < 4.78 is 5.65. The van der Waals surface area contributed by atoms with Gasteiger partial charge in [0.2, 0.25) is 0 Å². The van der Waals surface area contributed by atoms with Crippen LogP contribution in [0.3, 0.4) is 0 Å². The van der Waals surface area contributed by atoms with E-state index >= 15 is 0 Å². The van der Waals surface area contributed by atoms with Crippen molar-refractivity contribution >= 4 is 11.3 Å². The van der Waals surface area contributed by atoms with E-state index in [0.29, 0.717) is 6.61 Å². The van der Waals surface area contributed by atoms with E-state index in [0.717, 1.165) is 21.2 Å². The summed E-state index contributed by atoms with van der Waals surface area (Å²) in [5, 5.41) is 9.79. The first-order valence-corrected chi connectivity index (χ1v) is 5.84. The van der Waals surface area contributed by atoms with Crippen LogP contribution in [0.1, 0.15) is 15.4 Å². The number of aliphatic hydroxyl groups excluding tert-OH is 1. The van der Waals surface area contributed by atoms with Crippen LogP contribution in [-0.4, -0.2) is 10.1 Å². The predicted molar refractivity (Wildman–Crippen MR) is 63.5 cm³/mol. The molecule has 0 amide bonds. The zero-order chi connectivity index (χ0) is 11.4. The van der Waals surface area contributed by atoms with Gasteiger partial charge in [0.15, 0.2) is 0 Å². The predicted octanol–water partition coefficient (Wildman–Crippen LogP) is 2.52. The smallest absolute Gasteiger partial charge is 0.140 e. The van der Waals surface area contributed by atoms with Gasteiger partial charge in [0, 0.05) is 6.20 Å². The van der Waals surface area contributed by atoms with Gasteiger partial charge in [-0.05, 0) is 18.6 Å². The Bertz CT molecular complexity index is 468. The van der Waals surface area contributed by atoms with Crippen molar-refractivity contribution in [2.75, 3.05) is 0 Å². The molecule has 0 bridgehead atoms. The first kappa shape index (κ1) is 11.1. The van der Waals surface area contributed by atoms with Crippen molar-refractivity contribution in [2.24, 2.45) is 0 Å². The van der Waals surface area contributed by atoms with E-state index in [1.807, 2.05) is 31.2 Å². The van der Waals surface area contributed by atoms with Crippen LogP contribution in [0, 0.1) is 6.92 Å². The summed E-state index contributed by atoms with van der Waals surface area (Å²) in [6.07, 6.45) is 1.68. The molecule has 0 aliphatic heterocycles. The van der Waals surface area contributed by atoms with Crippen LogP contribution in [0.15, 0.2) is 30.5 Å². The molecule has 0 aliphatic carbocycles. The Balaban J connectivity index is 1.99. The molecule has 1 heterocycles. The molecule has 0 atom stereocenters. The Labute approximate surface area is 98.4 Å². The van der Waals surface area contributed by atoms with Crippen molar-refractivity contribution in [3.8, 4) is 5.75 Å². The number of aryl methyl sites for hydroxylation is 1. The largest absolute Gasteiger partial charge is 0.486 e. The fourth-order valence-electron chi connectivity index (χ4n) is 1.35. The zero-order valence-corrected chi connectivity index (χ0v) is 9.83. The highest BCUT2D eigenvalue weighted by molar-refractivity contribution is 7.11. The van der Waals surface area contributed by atoms with Gasteiger partial charge in [-0.2, -0.15) is 0 Å². The van der Waals surface area contributed by atoms with Gasteiger partial charge in [-0.15, -0.1) is 11.3 Å². The molecule has 2 aromatic rings. The summed E-state index contributed by atoms with van der Waals surface area (Å²) in [6.45, 7) is 2.51. The van der Waals surface area contributed by atoms with Crippen LogP contribution in [0.2, 0.25) is 0 Å². The Morgan fingerprint density at radius 2 is 2.19 bits per heavy atom. The molecule has 2 rings (SSSR count). The van der Waals surface area contributed by atoms with Crippen LogP contribution < -0.4 is 4.74 Å². The minimum atomic E-state index is 0.0437. The number of ether oxygens (including phenoxy) is 1. The number of para-hydroxylation sites is 1. The Kier molecular flexibility index (Phi) is 3.54. The number of hydrogen-bond donors (Lipinski definition) is 1. The average Bonchev–Trinajstić information content (AvgIpc) is 2.76. The van der Waals surface area contributed by atoms with Crippen LogP contribution in [0.4, 0.5) is 0 Å². The van der Waals surface area contributed by atoms with Gasteiger partial charge in [-0.3, -0.25) is 0 Å². The summed E-state index contributed by atoms with van der Waals surface area (Å²) in [4.78, 5) is 5.03. The Morgan fingerprint density at radius 3 is 2.88 bits per heavy atom. The number of rotatable bonds is 4. The fraction of sp³-hybridized carbons (Fsp3) is 0.250. The Hall–Kier alpha value is -1.39. The molecule has 0 saturated heterocycles. The maximum Gasteiger partial charge on any atom is 0.140 e. The number of benzene rings is 1. The van der Waals surface area contributed by atoms with Crippen LogP contribution in [-0.2, 0) is 13.2 Å². The highest BCUT2D eigenvalue weighted by Crippen LogP contribution is 2.19. The van der Waals surface area contributed by atoms with Crippen LogP contribution in [0.25, 0.3) is 0 Å². The molecule has 84 valence electrons. The van der Waals surface area contributed by atoms with E-state index in [4.69, 9.17) is 9.84 Å². The van der Waals surface area contributed by atoms with E-state index in [2.05, 4.69) is 4.98 Å². The molecule has 4 heteroatoms. The number of aromatic nitrogens is 1. The molecule has 16 heavy (non-hydrogen) atoms. The number of nitrogens with zero attached hydrogens (tertiary/aromatic N) is 1. The van der Waals surface area contributed by atoms with Gasteiger partial charge >= 0.3 is 0 Å². The molecular weight excluding hydrogens is 222 g/mol. The van der Waals surface area contributed by atoms with Gasteiger partial charge in [0.25, 0.3) is 0 Å². The lowest BCUT2D eigenvalue weighted by atomic mass is 10.2. The molecule has 0 saturated carbocycles. The van der Waals surface area contributed by atoms with Crippen molar-refractivity contribution < 1.29 is 9.84 Å². The van der Waals surface area contributed by atoms with Gasteiger partial charge in [-0.25, -0.2) is 4.98 Å². The molecule has 0 aliphatic rings. The number of aliphatic hydroxyl groups is 1. The van der Waals surface area contributed by atoms with Crippen molar-refractivity contribution in [2.45, 2.75) is 20.1 Å². The normalized spacial score (nSPS) is 10.4. The lowest BCUT2D eigenvalue weighted by molar-refractivity contribution is 0.285. The zero-order valence-electron chi connectivity index (χ0n) is 9.01. The standard InChI is InChI=1S/C12H13NO2S/c1-9-4-2-3-5-11(9)15-8-12-13-6-10(7-14)16-12/h2-6,14H,7-8H2,1H3. The summed E-state index contributed by atoms with van der Waals surface area (Å²) in [7, 11) is 0. The summed E-state index contributed by atoms with van der Waals surface area (Å²) in [6, 6.07) is 7.88. The molecule has 3 nitrogen and oxygen atoms in total. The monoisotopic (exact) mass is 235 g/mol. The highest BCUT2D eigenvalue weighted by Gasteiger charge is 2.03. The van der Waals surface area contributed by atoms with E-state index in [1.165, 1.54) is 11.3 Å². The van der Waals surface area contributed by atoms with Gasteiger partial charge in [0.05, 0.1) is 11.5 Å². The quantitative estimate of drug-likeness (QED) is 0.885. The lowest BCUT2D eigenvalue weighted by Crippen LogP contribution is -1.95. The third kappa shape index (κ3) is 2.59. The van der Waals surface area contributed by atoms with Crippen molar-refractivity contribution in [1.29, 1.82) is 0 Å². The van der Waals surface area contributed by atoms with Crippen molar-refractivity contribution in [3.05, 3.63) is 45.9 Å². The second kappa shape index (κ2) is 5.09. The minimum Gasteiger partial charge on any atom is -0.486 e. The van der Waals surface area contributed by atoms with Gasteiger partial charge in [0.1, 0.15) is 17.4 Å². The molecule has 0 unspecified atom stereocenters. The van der Waals surface area contributed by atoms with Crippen LogP contribution >= 0.6 is 11.3 Å². The number of thiazole rings is 1. The summed E-state index contributed by atoms with van der Waals surface area (Å²) in [5.41, 5.74) is 1.11. The summed E-state index contributed by atoms with van der Waals surface area (Å²) in [5.74, 6) is 0.878. The second-order valence-electron chi connectivity index (χ2n) is 3.43. The molecule has 1 N–H and O–H groups in total. The highest BCUT2D eigenvalue weighted by atomic mass is 32.1. The maximum atomic E-state index is 8.91. The van der Waals surface area contributed by atoms with E-state index in [9.17, 15) is 0 Å². The second-order valence-corrected chi connectivity index (χ2v) is 4.63. The van der Waals surface area contributed by atoms with E-state index in [-0.39, 0.29) is 6.61 Å². The van der Waals surface area contributed by atoms with E-state index in [1.54, 1.807) is 6.20 Å².